The van der Waals surface area contributed by atoms with Crippen molar-refractivity contribution < 1.29 is 28.5 Å². The van der Waals surface area contributed by atoms with Crippen molar-refractivity contribution in [1.82, 2.24) is 0 Å². The summed E-state index contributed by atoms with van der Waals surface area (Å²) in [6.45, 7) is 0. The zero-order valence-corrected chi connectivity index (χ0v) is 14.1. The maximum Gasteiger partial charge on any atom is 0.212 e. The van der Waals surface area contributed by atoms with E-state index in [-0.39, 0.29) is 71.9 Å². The van der Waals surface area contributed by atoms with E-state index < -0.39 is 0 Å². The van der Waals surface area contributed by atoms with Crippen LogP contribution in [0.15, 0.2) is 42.6 Å². The molecule has 2 rings (SSSR count). The Bertz CT molecular complexity index is 385. The van der Waals surface area contributed by atoms with Gasteiger partial charge in [0.25, 0.3) is 0 Å². The monoisotopic (exact) mass is 525 g/mol. The summed E-state index contributed by atoms with van der Waals surface area (Å²) in [5.74, 6) is 0. The van der Waals surface area contributed by atoms with Crippen molar-refractivity contribution in [2.75, 3.05) is 0 Å². The average molecular weight is 525 g/mol. The van der Waals surface area contributed by atoms with Gasteiger partial charge in [-0.1, -0.05) is 12.1 Å². The molecule has 0 atom stereocenters. The highest BCUT2D eigenvalue weighted by Gasteiger charge is 1.99. The van der Waals surface area contributed by atoms with Crippen LogP contribution in [0.4, 0.5) is 0 Å². The molecule has 76 valence electrons. The van der Waals surface area contributed by atoms with Crippen molar-refractivity contribution in [2.24, 2.45) is 7.05 Å². The van der Waals surface area contributed by atoms with E-state index in [0.717, 1.165) is 0 Å². The first-order valence-corrected chi connectivity index (χ1v) is 3.71. The summed E-state index contributed by atoms with van der Waals surface area (Å²) < 4.78 is 2.12. The number of aryl methyl sites for hydroxylation is 1. The van der Waals surface area contributed by atoms with E-state index in [4.69, 9.17) is 0 Å². The molecule has 1 aromatic heterocycles. The molecule has 0 N–H and O–H groups in total. The third-order valence-corrected chi connectivity index (χ3v) is 1.90. The van der Waals surface area contributed by atoms with Gasteiger partial charge in [0.2, 0.25) is 5.52 Å². The standard InChI is InChI=1S/C10H10N.HI.2I/c1-11-8-4-6-9-5-2-3-7-10(9)11;;;/h2-8H,1H3;1H;;/q+1;;;/p-1. The number of hydrogen-bond donors (Lipinski definition) is 0. The van der Waals surface area contributed by atoms with Gasteiger partial charge in [-0.15, -0.1) is 0 Å². The minimum atomic E-state index is 0. The number of fused-ring (bicyclic) bond motifs is 1. The van der Waals surface area contributed by atoms with Crippen LogP contribution >= 0.6 is 48.0 Å². The minimum absolute atomic E-state index is 0. The first-order valence-electron chi connectivity index (χ1n) is 3.71. The molecule has 0 amide bonds. The summed E-state index contributed by atoms with van der Waals surface area (Å²) in [7, 11) is 2.06. The van der Waals surface area contributed by atoms with Gasteiger partial charge in [-0.05, 0) is 12.1 Å². The molecule has 0 spiro atoms. The smallest absolute Gasteiger partial charge is 0.212 e. The summed E-state index contributed by atoms with van der Waals surface area (Å²) in [6, 6.07) is 12.5. The van der Waals surface area contributed by atoms with Crippen LogP contribution < -0.4 is 28.5 Å². The molecule has 0 aliphatic carbocycles. The zero-order valence-electron chi connectivity index (χ0n) is 7.62. The molecule has 0 bridgehead atoms. The number of nitrogens with zero attached hydrogens (tertiary/aromatic N) is 1. The van der Waals surface area contributed by atoms with E-state index in [0.29, 0.717) is 0 Å². The van der Waals surface area contributed by atoms with Crippen LogP contribution in [0.25, 0.3) is 10.9 Å². The second-order valence-electron chi connectivity index (χ2n) is 2.68. The fraction of sp³-hybridized carbons (Fsp3) is 0.100. The van der Waals surface area contributed by atoms with Gasteiger partial charge < -0.3 is 24.0 Å². The second-order valence-corrected chi connectivity index (χ2v) is 2.68. The SMILES string of the molecule is C[n+]1cccc2ccccc21.[I-].[I].[I]. The summed E-state index contributed by atoms with van der Waals surface area (Å²) >= 11 is 0. The van der Waals surface area contributed by atoms with Gasteiger partial charge in [0.1, 0.15) is 7.05 Å². The van der Waals surface area contributed by atoms with Crippen LogP contribution in [0.2, 0.25) is 0 Å². The molecule has 2 radical (unpaired) electrons. The highest BCUT2D eigenvalue weighted by atomic mass is 127. The summed E-state index contributed by atoms with van der Waals surface area (Å²) in [4.78, 5) is 0. The van der Waals surface area contributed by atoms with Crippen molar-refractivity contribution in [3.05, 3.63) is 42.6 Å². The van der Waals surface area contributed by atoms with E-state index in [1.807, 2.05) is 0 Å². The zero-order chi connectivity index (χ0) is 7.68. The van der Waals surface area contributed by atoms with Gasteiger partial charge in [0, 0.05) is 65.5 Å². The minimum Gasteiger partial charge on any atom is -1.00 e. The Morgan fingerprint density at radius 3 is 2.14 bits per heavy atom. The quantitative estimate of drug-likeness (QED) is 0.348. The van der Waals surface area contributed by atoms with E-state index in [9.17, 15) is 0 Å². The van der Waals surface area contributed by atoms with Gasteiger partial charge in [-0.3, -0.25) is 0 Å². The molecule has 0 unspecified atom stereocenters. The van der Waals surface area contributed by atoms with Crippen LogP contribution in [0.1, 0.15) is 0 Å². The van der Waals surface area contributed by atoms with Gasteiger partial charge in [0.15, 0.2) is 6.20 Å². The Morgan fingerprint density at radius 2 is 1.50 bits per heavy atom. The lowest BCUT2D eigenvalue weighted by Gasteiger charge is -1.93. The largest absolute Gasteiger partial charge is 1.00 e. The van der Waals surface area contributed by atoms with Crippen LogP contribution in [0, 0.1) is 0 Å². The Balaban J connectivity index is 0. The lowest BCUT2D eigenvalue weighted by atomic mass is 10.2. The van der Waals surface area contributed by atoms with Crippen molar-refractivity contribution in [3.63, 3.8) is 0 Å². The lowest BCUT2D eigenvalue weighted by molar-refractivity contribution is -0.644. The fourth-order valence-corrected chi connectivity index (χ4v) is 1.31. The average Bonchev–Trinajstić information content (AvgIpc) is 2.06. The highest BCUT2D eigenvalue weighted by Crippen LogP contribution is 2.06. The third kappa shape index (κ3) is 3.76. The maximum atomic E-state index is 2.12. The first-order chi connectivity index (χ1) is 5.38. The molecule has 0 aliphatic heterocycles. The first kappa shape index (κ1) is 17.2. The van der Waals surface area contributed by atoms with E-state index in [2.05, 4.69) is 54.2 Å². The lowest BCUT2D eigenvalue weighted by Crippen LogP contribution is -3.00. The predicted molar refractivity (Wildman–Crippen MR) is 73.2 cm³/mol. The number of hydrogen-bond acceptors (Lipinski definition) is 0. The normalized spacial score (nSPS) is 8.07. The molecular weight excluding hydrogens is 515 g/mol. The summed E-state index contributed by atoms with van der Waals surface area (Å²) in [5, 5.41) is 1.29. The van der Waals surface area contributed by atoms with Gasteiger partial charge in [-0.2, -0.15) is 0 Å². The van der Waals surface area contributed by atoms with Gasteiger partial charge in [0.05, 0.1) is 0 Å². The van der Waals surface area contributed by atoms with Gasteiger partial charge in [-0.25, -0.2) is 4.57 Å². The number of para-hydroxylation sites is 1. The molecule has 0 saturated heterocycles. The maximum absolute atomic E-state index is 2.12. The van der Waals surface area contributed by atoms with Gasteiger partial charge >= 0.3 is 0 Å². The van der Waals surface area contributed by atoms with Crippen molar-refractivity contribution in [3.8, 4) is 0 Å². The Hall–Kier alpha value is 0.820. The van der Waals surface area contributed by atoms with E-state index >= 15 is 0 Å². The van der Waals surface area contributed by atoms with Crippen LogP contribution in [-0.4, -0.2) is 0 Å². The topological polar surface area (TPSA) is 3.88 Å². The number of pyridine rings is 1. The second kappa shape index (κ2) is 8.03. The molecule has 0 saturated carbocycles. The summed E-state index contributed by atoms with van der Waals surface area (Å²) in [5.41, 5.74) is 1.27. The highest BCUT2D eigenvalue weighted by molar-refractivity contribution is 14.0. The van der Waals surface area contributed by atoms with E-state index in [1.54, 1.807) is 0 Å². The molecule has 1 heterocycles. The van der Waals surface area contributed by atoms with Crippen molar-refractivity contribution in [2.45, 2.75) is 0 Å². The van der Waals surface area contributed by atoms with Crippen LogP contribution in [0.3, 0.4) is 0 Å². The van der Waals surface area contributed by atoms with Crippen molar-refractivity contribution in [1.29, 1.82) is 0 Å². The molecule has 1 aromatic carbocycles. The summed E-state index contributed by atoms with van der Waals surface area (Å²) in [6.07, 6.45) is 2.06. The predicted octanol–water partition coefficient (Wildman–Crippen LogP) is 0.440. The Morgan fingerprint density at radius 1 is 0.929 bits per heavy atom. The van der Waals surface area contributed by atoms with E-state index in [1.165, 1.54) is 10.9 Å². The molecule has 14 heavy (non-hydrogen) atoms. The number of halogens is 3. The molecule has 2 aromatic rings. The Labute approximate surface area is 135 Å². The molecular formula is C10H10I3N. The Kier molecular flexibility index (Phi) is 9.88. The van der Waals surface area contributed by atoms with Crippen LogP contribution in [0.5, 0.6) is 0 Å². The van der Waals surface area contributed by atoms with Crippen LogP contribution in [-0.2, 0) is 7.05 Å². The molecule has 0 fully saturated rings. The molecule has 1 nitrogen and oxygen atoms in total. The number of aromatic nitrogens is 1. The van der Waals surface area contributed by atoms with Crippen molar-refractivity contribution >= 4 is 58.9 Å². The number of rotatable bonds is 0. The fourth-order valence-electron chi connectivity index (χ4n) is 1.31. The molecule has 4 heteroatoms. The molecule has 0 aliphatic rings. The number of benzene rings is 1. The third-order valence-electron chi connectivity index (χ3n) is 1.90.